The topological polar surface area (TPSA) is 113 Å². The second kappa shape index (κ2) is 5.01. The molecule has 0 unspecified atom stereocenters. The van der Waals surface area contributed by atoms with E-state index < -0.39 is 28.2 Å². The Hall–Kier alpha value is -0.730. The Labute approximate surface area is 69.8 Å². The highest BCUT2D eigenvalue weighted by molar-refractivity contribution is 7.86. The summed E-state index contributed by atoms with van der Waals surface area (Å²) < 4.78 is 25.6. The second-order valence-corrected chi connectivity index (χ2v) is 3.69. The molecular weight excluding hydrogens is 188 g/mol. The van der Waals surface area contributed by atoms with Crippen LogP contribution in [0.3, 0.4) is 0 Å². The Balaban J connectivity index is 3.69. The van der Waals surface area contributed by atoms with Crippen LogP contribution in [-0.2, 0) is 14.3 Å². The molecule has 0 aliphatic heterocycles. The Morgan fingerprint density at radius 2 is 2.08 bits per heavy atom. The summed E-state index contributed by atoms with van der Waals surface area (Å²) in [4.78, 5) is 9.09. The third kappa shape index (κ3) is 6.01. The van der Waals surface area contributed by atoms with Crippen molar-refractivity contribution in [3.05, 3.63) is 10.1 Å². The van der Waals surface area contributed by atoms with E-state index in [-0.39, 0.29) is 12.3 Å². The van der Waals surface area contributed by atoms with Crippen LogP contribution >= 0.6 is 0 Å². The summed E-state index contributed by atoms with van der Waals surface area (Å²) in [5.41, 5.74) is 4.95. The largest absolute Gasteiger partial charge is 0.329 e. The molecule has 0 aromatic rings. The van der Waals surface area contributed by atoms with Gasteiger partial charge in [-0.05, 0) is 0 Å². The summed E-state index contributed by atoms with van der Waals surface area (Å²) in [6.45, 7) is -1.01. The van der Waals surface area contributed by atoms with Crippen molar-refractivity contribution < 1.29 is 17.5 Å². The van der Waals surface area contributed by atoms with Crippen LogP contribution < -0.4 is 5.73 Å². The number of nitrogens with two attached hydrogens (primary N) is 1. The Morgan fingerprint density at radius 3 is 2.50 bits per heavy atom. The maximum Gasteiger partial charge on any atom is 0.268 e. The molecule has 8 heteroatoms. The highest BCUT2D eigenvalue weighted by Crippen LogP contribution is 1.90. The van der Waals surface area contributed by atoms with E-state index in [4.69, 9.17) is 5.73 Å². The number of nitro groups is 1. The molecule has 0 atom stereocenters. The third-order valence-corrected chi connectivity index (χ3v) is 2.17. The second-order valence-electron chi connectivity index (χ2n) is 1.93. The molecule has 12 heavy (non-hydrogen) atoms. The van der Waals surface area contributed by atoms with E-state index >= 15 is 0 Å². The maximum absolute atomic E-state index is 10.7. The maximum atomic E-state index is 10.7. The number of nitrogens with zero attached hydrogens (tertiary/aromatic N) is 1. The fourth-order valence-electron chi connectivity index (χ4n) is 0.442. The molecule has 0 heterocycles. The van der Waals surface area contributed by atoms with E-state index in [0.717, 1.165) is 0 Å². The van der Waals surface area contributed by atoms with Crippen molar-refractivity contribution in [3.63, 3.8) is 0 Å². The molecule has 0 rings (SSSR count). The van der Waals surface area contributed by atoms with Gasteiger partial charge in [-0.1, -0.05) is 0 Å². The summed E-state index contributed by atoms with van der Waals surface area (Å²) in [6, 6.07) is 0. The highest BCUT2D eigenvalue weighted by atomic mass is 32.2. The van der Waals surface area contributed by atoms with Gasteiger partial charge in [0.2, 0.25) is 6.54 Å². The van der Waals surface area contributed by atoms with E-state index in [9.17, 15) is 18.5 Å². The summed E-state index contributed by atoms with van der Waals surface area (Å²) in [5.74, 6) is -0.315. The normalized spacial score (nSPS) is 11.4. The molecule has 0 saturated heterocycles. The molecule has 0 amide bonds. The van der Waals surface area contributed by atoms with Crippen LogP contribution in [0.5, 0.6) is 0 Å². The SMILES string of the molecule is NCCS(=O)(=O)OCC[N+](=O)[O-]. The van der Waals surface area contributed by atoms with E-state index in [1.54, 1.807) is 0 Å². The van der Waals surface area contributed by atoms with Gasteiger partial charge in [0.1, 0.15) is 6.61 Å². The van der Waals surface area contributed by atoms with Crippen LogP contribution in [0.4, 0.5) is 0 Å². The first-order valence-electron chi connectivity index (χ1n) is 3.17. The van der Waals surface area contributed by atoms with Crippen molar-refractivity contribution in [3.8, 4) is 0 Å². The van der Waals surface area contributed by atoms with E-state index in [0.29, 0.717) is 0 Å². The van der Waals surface area contributed by atoms with Crippen molar-refractivity contribution in [1.82, 2.24) is 0 Å². The van der Waals surface area contributed by atoms with Crippen molar-refractivity contribution >= 4 is 10.1 Å². The standard InChI is InChI=1S/C4H10N2O5S/c5-1-4-12(9,10)11-3-2-6(7)8/h1-5H2. The van der Waals surface area contributed by atoms with Crippen LogP contribution in [0.15, 0.2) is 0 Å². The monoisotopic (exact) mass is 198 g/mol. The summed E-state index contributed by atoms with van der Waals surface area (Å²) >= 11 is 0. The quantitative estimate of drug-likeness (QED) is 0.318. The molecule has 0 aromatic heterocycles. The molecule has 0 bridgehead atoms. The van der Waals surface area contributed by atoms with Crippen molar-refractivity contribution in [2.24, 2.45) is 5.73 Å². The molecule has 0 fully saturated rings. The van der Waals surface area contributed by atoms with Crippen LogP contribution in [-0.4, -0.2) is 38.8 Å². The molecular formula is C4H10N2O5S. The fraction of sp³-hybridized carbons (Fsp3) is 1.00. The Kier molecular flexibility index (Phi) is 4.71. The predicted octanol–water partition coefficient (Wildman–Crippen LogP) is -1.43. The van der Waals surface area contributed by atoms with Crippen LogP contribution in [0.25, 0.3) is 0 Å². The van der Waals surface area contributed by atoms with Gasteiger partial charge in [-0.3, -0.25) is 14.3 Å². The van der Waals surface area contributed by atoms with Crippen molar-refractivity contribution in [2.45, 2.75) is 0 Å². The van der Waals surface area contributed by atoms with Gasteiger partial charge in [-0.15, -0.1) is 0 Å². The lowest BCUT2D eigenvalue weighted by atomic mass is 10.7. The average molecular weight is 198 g/mol. The molecule has 2 N–H and O–H groups in total. The minimum atomic E-state index is -3.66. The number of hydrogen-bond acceptors (Lipinski definition) is 6. The van der Waals surface area contributed by atoms with Crippen molar-refractivity contribution in [2.75, 3.05) is 25.4 Å². The van der Waals surface area contributed by atoms with Gasteiger partial charge in [0, 0.05) is 11.5 Å². The fourth-order valence-corrected chi connectivity index (χ4v) is 1.18. The van der Waals surface area contributed by atoms with Gasteiger partial charge >= 0.3 is 0 Å². The van der Waals surface area contributed by atoms with Crippen LogP contribution in [0.1, 0.15) is 0 Å². The lowest BCUT2D eigenvalue weighted by Crippen LogP contribution is -2.20. The Morgan fingerprint density at radius 1 is 1.50 bits per heavy atom. The first-order chi connectivity index (χ1) is 5.48. The first-order valence-corrected chi connectivity index (χ1v) is 4.74. The van der Waals surface area contributed by atoms with E-state index in [1.807, 2.05) is 0 Å². The van der Waals surface area contributed by atoms with Gasteiger partial charge in [0.15, 0.2) is 0 Å². The average Bonchev–Trinajstić information content (AvgIpc) is 1.85. The summed E-state index contributed by atoms with van der Waals surface area (Å²) in [5, 5.41) is 9.75. The highest BCUT2D eigenvalue weighted by Gasteiger charge is 2.10. The lowest BCUT2D eigenvalue weighted by Gasteiger charge is -2.00. The summed E-state index contributed by atoms with van der Waals surface area (Å²) in [7, 11) is -3.66. The first kappa shape index (κ1) is 11.3. The lowest BCUT2D eigenvalue weighted by molar-refractivity contribution is -0.481. The van der Waals surface area contributed by atoms with Gasteiger partial charge in [0.05, 0.1) is 5.75 Å². The molecule has 0 aliphatic carbocycles. The molecule has 0 aromatic carbocycles. The zero-order valence-corrected chi connectivity index (χ0v) is 7.12. The van der Waals surface area contributed by atoms with Crippen LogP contribution in [0, 0.1) is 10.1 Å². The van der Waals surface area contributed by atoms with E-state index in [1.165, 1.54) is 0 Å². The molecule has 0 aliphatic rings. The smallest absolute Gasteiger partial charge is 0.268 e. The van der Waals surface area contributed by atoms with Gasteiger partial charge in [0.25, 0.3) is 10.1 Å². The van der Waals surface area contributed by atoms with Gasteiger partial charge in [-0.25, -0.2) is 0 Å². The summed E-state index contributed by atoms with van der Waals surface area (Å²) in [6.07, 6.45) is 0. The predicted molar refractivity (Wildman–Crippen MR) is 40.7 cm³/mol. The van der Waals surface area contributed by atoms with Crippen molar-refractivity contribution in [1.29, 1.82) is 0 Å². The zero-order chi connectivity index (χ0) is 9.61. The number of rotatable bonds is 6. The molecule has 7 nitrogen and oxygen atoms in total. The molecule has 0 saturated carbocycles. The minimum Gasteiger partial charge on any atom is -0.329 e. The Bertz CT molecular complexity index is 236. The van der Waals surface area contributed by atoms with Crippen LogP contribution in [0.2, 0.25) is 0 Å². The third-order valence-electron chi connectivity index (χ3n) is 0.905. The molecule has 72 valence electrons. The molecule has 0 spiro atoms. The van der Waals surface area contributed by atoms with E-state index in [2.05, 4.69) is 4.18 Å². The minimum absolute atomic E-state index is 0.0548. The van der Waals surface area contributed by atoms with Gasteiger partial charge < -0.3 is 5.73 Å². The zero-order valence-electron chi connectivity index (χ0n) is 6.30. The van der Waals surface area contributed by atoms with Gasteiger partial charge in [-0.2, -0.15) is 8.42 Å². The number of hydrogen-bond donors (Lipinski definition) is 1. The molecule has 0 radical (unpaired) electrons.